The van der Waals surface area contributed by atoms with E-state index in [4.69, 9.17) is 0 Å². The van der Waals surface area contributed by atoms with Crippen molar-refractivity contribution in [1.82, 2.24) is 9.97 Å². The SMILES string of the molecule is C[CH-]C.[Y].[c-]1ccc2ccncc2n1. The molecule has 2 rings (SSSR count). The molecule has 0 saturated carbocycles. The van der Waals surface area contributed by atoms with Crippen LogP contribution in [0.25, 0.3) is 10.9 Å². The summed E-state index contributed by atoms with van der Waals surface area (Å²) < 4.78 is 0. The monoisotopic (exact) mass is 261 g/mol. The van der Waals surface area contributed by atoms with Gasteiger partial charge in [0.25, 0.3) is 0 Å². The van der Waals surface area contributed by atoms with E-state index in [1.54, 1.807) is 18.5 Å². The molecule has 0 aromatic carbocycles. The summed E-state index contributed by atoms with van der Waals surface area (Å²) in [7, 11) is 0. The molecule has 0 N–H and O–H groups in total. The van der Waals surface area contributed by atoms with E-state index in [1.807, 2.05) is 32.4 Å². The zero-order chi connectivity index (χ0) is 9.52. The minimum Gasteiger partial charge on any atom is -0.385 e. The Morgan fingerprint density at radius 3 is 2.64 bits per heavy atom. The van der Waals surface area contributed by atoms with Gasteiger partial charge in [0.15, 0.2) is 0 Å². The fourth-order valence-electron chi connectivity index (χ4n) is 0.865. The third-order valence-corrected chi connectivity index (χ3v) is 1.36. The van der Waals surface area contributed by atoms with Gasteiger partial charge in [-0.15, -0.1) is 5.39 Å². The van der Waals surface area contributed by atoms with Crippen LogP contribution in [0.2, 0.25) is 0 Å². The average molecular weight is 261 g/mol. The normalized spacial score (nSPS) is 8.43. The molecule has 2 nitrogen and oxygen atoms in total. The minimum atomic E-state index is 0. The Hall–Kier alpha value is -0.336. The van der Waals surface area contributed by atoms with Crippen LogP contribution in [0.4, 0.5) is 0 Å². The molecule has 0 aliphatic carbocycles. The molecule has 2 aromatic heterocycles. The van der Waals surface area contributed by atoms with Gasteiger partial charge in [-0.3, -0.25) is 4.98 Å². The standard InChI is InChI=1S/C8H5N2.C3H7.Y/c1-2-7-3-5-9-6-8(7)10-4-1;1-3-2;/h1-3,5-6H;3H,1-2H3;/q2*-1;. The van der Waals surface area contributed by atoms with Crippen LogP contribution >= 0.6 is 0 Å². The van der Waals surface area contributed by atoms with E-state index in [2.05, 4.69) is 16.2 Å². The van der Waals surface area contributed by atoms with Crippen molar-refractivity contribution < 1.29 is 32.7 Å². The summed E-state index contributed by atoms with van der Waals surface area (Å²) in [4.78, 5) is 7.92. The fourth-order valence-corrected chi connectivity index (χ4v) is 0.865. The van der Waals surface area contributed by atoms with Crippen LogP contribution in [0.15, 0.2) is 30.6 Å². The van der Waals surface area contributed by atoms with E-state index in [0.29, 0.717) is 0 Å². The first-order chi connectivity index (χ1) is 6.38. The van der Waals surface area contributed by atoms with Crippen LogP contribution in [0.5, 0.6) is 0 Å². The van der Waals surface area contributed by atoms with Crippen LogP contribution < -0.4 is 0 Å². The molecule has 1 radical (unpaired) electrons. The van der Waals surface area contributed by atoms with Crippen LogP contribution in [-0.2, 0) is 32.7 Å². The van der Waals surface area contributed by atoms with Crippen molar-refractivity contribution >= 4 is 10.9 Å². The molecule has 0 spiro atoms. The van der Waals surface area contributed by atoms with Crippen LogP contribution in [0.1, 0.15) is 13.8 Å². The smallest absolute Gasteiger partial charge is 0.0241 e. The number of nitrogens with zero attached hydrogens (tertiary/aromatic N) is 2. The van der Waals surface area contributed by atoms with E-state index in [0.717, 1.165) is 10.9 Å². The van der Waals surface area contributed by atoms with Gasteiger partial charge in [-0.05, 0) is 11.7 Å². The Balaban J connectivity index is 0.000000381. The molecule has 0 bridgehead atoms. The van der Waals surface area contributed by atoms with Crippen molar-refractivity contribution in [3.63, 3.8) is 0 Å². The summed E-state index contributed by atoms with van der Waals surface area (Å²) in [6, 6.07) is 5.68. The summed E-state index contributed by atoms with van der Waals surface area (Å²) >= 11 is 0. The number of rotatable bonds is 0. The zero-order valence-electron chi connectivity index (χ0n) is 8.44. The van der Waals surface area contributed by atoms with Crippen molar-refractivity contribution in [2.45, 2.75) is 13.8 Å². The van der Waals surface area contributed by atoms with Gasteiger partial charge in [0.2, 0.25) is 0 Å². The predicted molar refractivity (Wildman–Crippen MR) is 54.0 cm³/mol. The molecule has 71 valence electrons. The van der Waals surface area contributed by atoms with Crippen LogP contribution in [0, 0.1) is 12.6 Å². The Bertz CT molecular complexity index is 297. The van der Waals surface area contributed by atoms with Gasteiger partial charge in [0, 0.05) is 38.9 Å². The summed E-state index contributed by atoms with van der Waals surface area (Å²) in [5.74, 6) is 0. The Kier molecular flexibility index (Phi) is 7.82. The van der Waals surface area contributed by atoms with Gasteiger partial charge in [0.05, 0.1) is 0 Å². The van der Waals surface area contributed by atoms with E-state index in [9.17, 15) is 0 Å². The van der Waals surface area contributed by atoms with E-state index >= 15 is 0 Å². The number of aromatic nitrogens is 2. The van der Waals surface area contributed by atoms with Crippen LogP contribution in [0.3, 0.4) is 0 Å². The summed E-state index contributed by atoms with van der Waals surface area (Å²) in [6.45, 7) is 4.00. The van der Waals surface area contributed by atoms with E-state index < -0.39 is 0 Å². The van der Waals surface area contributed by atoms with Gasteiger partial charge in [-0.1, -0.05) is 12.3 Å². The Morgan fingerprint density at radius 1 is 1.29 bits per heavy atom. The quantitative estimate of drug-likeness (QED) is 0.681. The summed E-state index contributed by atoms with van der Waals surface area (Å²) in [5, 5.41) is 1.11. The number of hydrogen-bond acceptors (Lipinski definition) is 2. The second-order valence-electron chi connectivity index (χ2n) is 2.59. The van der Waals surface area contributed by atoms with Crippen molar-refractivity contribution in [2.24, 2.45) is 0 Å². The largest absolute Gasteiger partial charge is 0.385 e. The number of fused-ring (bicyclic) bond motifs is 1. The zero-order valence-corrected chi connectivity index (χ0v) is 11.3. The molecule has 14 heavy (non-hydrogen) atoms. The van der Waals surface area contributed by atoms with Gasteiger partial charge in [-0.25, -0.2) is 0 Å². The molecule has 0 aliphatic heterocycles. The maximum atomic E-state index is 3.99. The second kappa shape index (κ2) is 8.01. The first-order valence-electron chi connectivity index (χ1n) is 4.19. The topological polar surface area (TPSA) is 25.8 Å². The minimum absolute atomic E-state index is 0. The molecular weight excluding hydrogens is 249 g/mol. The molecule has 0 fully saturated rings. The van der Waals surface area contributed by atoms with Crippen molar-refractivity contribution in [2.75, 3.05) is 0 Å². The van der Waals surface area contributed by atoms with Crippen molar-refractivity contribution in [3.05, 3.63) is 43.2 Å². The number of pyridine rings is 2. The molecule has 2 aromatic rings. The van der Waals surface area contributed by atoms with Gasteiger partial charge < -0.3 is 11.4 Å². The molecule has 0 unspecified atom stereocenters. The molecule has 0 aliphatic rings. The summed E-state index contributed by atoms with van der Waals surface area (Å²) in [6.07, 6.45) is 8.23. The van der Waals surface area contributed by atoms with Gasteiger partial charge in [0.1, 0.15) is 0 Å². The van der Waals surface area contributed by atoms with Gasteiger partial charge in [-0.2, -0.15) is 26.0 Å². The third-order valence-electron chi connectivity index (χ3n) is 1.36. The number of hydrogen-bond donors (Lipinski definition) is 0. The van der Waals surface area contributed by atoms with E-state index in [1.165, 1.54) is 0 Å². The first kappa shape index (κ1) is 13.7. The van der Waals surface area contributed by atoms with Gasteiger partial charge >= 0.3 is 0 Å². The maximum Gasteiger partial charge on any atom is 0.0241 e. The molecule has 2 heterocycles. The molecule has 0 amide bonds. The van der Waals surface area contributed by atoms with Crippen molar-refractivity contribution in [3.8, 4) is 0 Å². The Labute approximate surface area is 110 Å². The average Bonchev–Trinajstić information content (AvgIpc) is 2.19. The second-order valence-corrected chi connectivity index (χ2v) is 2.59. The first-order valence-corrected chi connectivity index (χ1v) is 4.19. The maximum absolute atomic E-state index is 3.99. The summed E-state index contributed by atoms with van der Waals surface area (Å²) in [5.41, 5.74) is 0.894. The Morgan fingerprint density at radius 2 is 2.00 bits per heavy atom. The third kappa shape index (κ3) is 4.25. The predicted octanol–water partition coefficient (Wildman–Crippen LogP) is 2.66. The molecule has 0 saturated heterocycles. The van der Waals surface area contributed by atoms with E-state index in [-0.39, 0.29) is 32.7 Å². The van der Waals surface area contributed by atoms with Crippen molar-refractivity contribution in [1.29, 1.82) is 0 Å². The molecule has 3 heteroatoms. The molecular formula is C11H12N2Y-2. The fraction of sp³-hybridized carbons (Fsp3) is 0.182. The molecule has 0 atom stereocenters. The van der Waals surface area contributed by atoms with Crippen LogP contribution in [-0.4, -0.2) is 9.97 Å².